The van der Waals surface area contributed by atoms with Gasteiger partial charge in [-0.2, -0.15) is 4.99 Å². The molecule has 13 heavy (non-hydrogen) atoms. The third-order valence-electron chi connectivity index (χ3n) is 1.88. The second-order valence-electron chi connectivity index (χ2n) is 3.97. The zero-order valence-corrected chi connectivity index (χ0v) is 8.16. The quantitative estimate of drug-likeness (QED) is 0.476. The maximum atomic E-state index is 10.2. The smallest absolute Gasteiger partial charge is 0.211 e. The number of aliphatic imine (C=N–C) groups is 1. The van der Waals surface area contributed by atoms with Crippen LogP contribution in [0.4, 0.5) is 5.69 Å². The molecule has 0 spiro atoms. The molecule has 2 nitrogen and oxygen atoms in total. The van der Waals surface area contributed by atoms with Gasteiger partial charge in [-0.15, -0.1) is 0 Å². The Kier molecular flexibility index (Phi) is 2.64. The Morgan fingerprint density at radius 1 is 1.23 bits per heavy atom. The van der Waals surface area contributed by atoms with Gasteiger partial charge in [0, 0.05) is 0 Å². The molecule has 0 unspecified atom stereocenters. The van der Waals surface area contributed by atoms with Crippen molar-refractivity contribution < 1.29 is 4.79 Å². The first-order chi connectivity index (χ1) is 6.05. The SMILES string of the molecule is CC(C)(C)c1ccccc1N=C=O. The molecule has 0 bridgehead atoms. The summed E-state index contributed by atoms with van der Waals surface area (Å²) in [6.45, 7) is 6.27. The molecule has 0 saturated carbocycles. The lowest BCUT2D eigenvalue weighted by Crippen LogP contribution is -2.10. The normalized spacial score (nSPS) is 10.7. The molecule has 0 saturated heterocycles. The average Bonchev–Trinajstić information content (AvgIpc) is 2.04. The lowest BCUT2D eigenvalue weighted by atomic mass is 9.86. The van der Waals surface area contributed by atoms with Crippen molar-refractivity contribution in [1.29, 1.82) is 0 Å². The van der Waals surface area contributed by atoms with E-state index >= 15 is 0 Å². The highest BCUT2D eigenvalue weighted by Crippen LogP contribution is 2.30. The van der Waals surface area contributed by atoms with Gasteiger partial charge in [0.2, 0.25) is 6.08 Å². The standard InChI is InChI=1S/C11H13NO/c1-11(2,3)9-6-4-5-7-10(9)12-8-13/h4-7H,1-3H3. The minimum atomic E-state index is 0.0109. The number of benzene rings is 1. The molecular weight excluding hydrogens is 162 g/mol. The van der Waals surface area contributed by atoms with Crippen molar-refractivity contribution in [2.45, 2.75) is 26.2 Å². The number of para-hydroxylation sites is 1. The molecule has 0 amide bonds. The van der Waals surface area contributed by atoms with E-state index in [0.29, 0.717) is 5.69 Å². The van der Waals surface area contributed by atoms with Gasteiger partial charge in [-0.05, 0) is 17.0 Å². The van der Waals surface area contributed by atoms with Crippen LogP contribution in [0.2, 0.25) is 0 Å². The largest absolute Gasteiger partial charge is 0.240 e. The second kappa shape index (κ2) is 3.55. The van der Waals surface area contributed by atoms with Gasteiger partial charge < -0.3 is 0 Å². The molecule has 0 aromatic heterocycles. The minimum absolute atomic E-state index is 0.0109. The van der Waals surface area contributed by atoms with Crippen molar-refractivity contribution in [3.8, 4) is 0 Å². The predicted molar refractivity (Wildman–Crippen MR) is 52.9 cm³/mol. The van der Waals surface area contributed by atoms with Gasteiger partial charge in [0.25, 0.3) is 0 Å². The van der Waals surface area contributed by atoms with E-state index in [4.69, 9.17) is 0 Å². The van der Waals surface area contributed by atoms with E-state index in [1.807, 2.05) is 24.3 Å². The van der Waals surface area contributed by atoms with E-state index in [9.17, 15) is 4.79 Å². The van der Waals surface area contributed by atoms with E-state index in [0.717, 1.165) is 5.56 Å². The minimum Gasteiger partial charge on any atom is -0.211 e. The van der Waals surface area contributed by atoms with Gasteiger partial charge in [-0.3, -0.25) is 0 Å². The molecule has 1 aromatic rings. The molecule has 1 aromatic carbocycles. The molecule has 0 N–H and O–H groups in total. The van der Waals surface area contributed by atoms with Crippen LogP contribution in [0, 0.1) is 0 Å². The summed E-state index contributed by atoms with van der Waals surface area (Å²) in [7, 11) is 0. The zero-order chi connectivity index (χ0) is 9.90. The first-order valence-corrected chi connectivity index (χ1v) is 4.23. The van der Waals surface area contributed by atoms with Gasteiger partial charge in [-0.25, -0.2) is 4.79 Å². The van der Waals surface area contributed by atoms with Crippen LogP contribution in [0.15, 0.2) is 29.3 Å². The third kappa shape index (κ3) is 2.27. The highest BCUT2D eigenvalue weighted by Gasteiger charge is 2.16. The van der Waals surface area contributed by atoms with E-state index in [2.05, 4.69) is 25.8 Å². The Labute approximate surface area is 78.3 Å². The Balaban J connectivity index is 3.27. The molecule has 0 fully saturated rings. The van der Waals surface area contributed by atoms with Crippen molar-refractivity contribution >= 4 is 11.8 Å². The lowest BCUT2D eigenvalue weighted by molar-refractivity contribution is 0.564. The monoisotopic (exact) mass is 175 g/mol. The predicted octanol–water partition coefficient (Wildman–Crippen LogP) is 2.95. The summed E-state index contributed by atoms with van der Waals surface area (Å²) in [5, 5.41) is 0. The fourth-order valence-corrected chi connectivity index (χ4v) is 1.25. The van der Waals surface area contributed by atoms with E-state index < -0.39 is 0 Å². The topological polar surface area (TPSA) is 29.4 Å². The second-order valence-corrected chi connectivity index (χ2v) is 3.97. The van der Waals surface area contributed by atoms with Crippen LogP contribution < -0.4 is 0 Å². The van der Waals surface area contributed by atoms with E-state index in [-0.39, 0.29) is 5.41 Å². The molecule has 1 rings (SSSR count). The van der Waals surface area contributed by atoms with Crippen LogP contribution in [0.25, 0.3) is 0 Å². The number of rotatable bonds is 1. The number of isocyanates is 1. The Morgan fingerprint density at radius 2 is 1.85 bits per heavy atom. The number of nitrogens with zero attached hydrogens (tertiary/aromatic N) is 1. The molecule has 68 valence electrons. The van der Waals surface area contributed by atoms with Crippen LogP contribution in [-0.2, 0) is 10.2 Å². The van der Waals surface area contributed by atoms with E-state index in [1.54, 1.807) is 6.08 Å². The summed E-state index contributed by atoms with van der Waals surface area (Å²) in [6, 6.07) is 7.62. The highest BCUT2D eigenvalue weighted by atomic mass is 16.1. The van der Waals surface area contributed by atoms with E-state index in [1.165, 1.54) is 0 Å². The summed E-state index contributed by atoms with van der Waals surface area (Å²) in [5.74, 6) is 0. The van der Waals surface area contributed by atoms with Crippen LogP contribution in [0.5, 0.6) is 0 Å². The summed E-state index contributed by atoms with van der Waals surface area (Å²) in [6.07, 6.45) is 1.57. The van der Waals surface area contributed by atoms with Gasteiger partial charge in [0.1, 0.15) is 0 Å². The number of hydrogen-bond donors (Lipinski definition) is 0. The first kappa shape index (κ1) is 9.69. The van der Waals surface area contributed by atoms with Crippen molar-refractivity contribution in [2.75, 3.05) is 0 Å². The summed E-state index contributed by atoms with van der Waals surface area (Å²) in [4.78, 5) is 13.8. The van der Waals surface area contributed by atoms with Crippen molar-refractivity contribution in [3.63, 3.8) is 0 Å². The number of hydrogen-bond acceptors (Lipinski definition) is 2. The van der Waals surface area contributed by atoms with Crippen molar-refractivity contribution in [3.05, 3.63) is 29.8 Å². The van der Waals surface area contributed by atoms with Crippen LogP contribution in [0.3, 0.4) is 0 Å². The summed E-state index contributed by atoms with van der Waals surface area (Å²) >= 11 is 0. The van der Waals surface area contributed by atoms with Gasteiger partial charge in [-0.1, -0.05) is 39.0 Å². The van der Waals surface area contributed by atoms with Gasteiger partial charge in [0.05, 0.1) is 5.69 Å². The fourth-order valence-electron chi connectivity index (χ4n) is 1.25. The molecule has 0 atom stereocenters. The Hall–Kier alpha value is -1.40. The van der Waals surface area contributed by atoms with Crippen LogP contribution >= 0.6 is 0 Å². The zero-order valence-electron chi connectivity index (χ0n) is 8.16. The lowest BCUT2D eigenvalue weighted by Gasteiger charge is -2.20. The number of carbonyl (C=O) groups excluding carboxylic acids is 1. The maximum absolute atomic E-state index is 10.2. The van der Waals surface area contributed by atoms with Crippen LogP contribution in [0.1, 0.15) is 26.3 Å². The van der Waals surface area contributed by atoms with Gasteiger partial charge >= 0.3 is 0 Å². The Morgan fingerprint density at radius 3 is 2.38 bits per heavy atom. The molecular formula is C11H13NO. The molecule has 0 aliphatic carbocycles. The molecule has 0 aliphatic heterocycles. The van der Waals surface area contributed by atoms with Crippen LogP contribution in [-0.4, -0.2) is 6.08 Å². The van der Waals surface area contributed by atoms with Crippen molar-refractivity contribution in [2.24, 2.45) is 4.99 Å². The van der Waals surface area contributed by atoms with Crippen molar-refractivity contribution in [1.82, 2.24) is 0 Å². The maximum Gasteiger partial charge on any atom is 0.240 e. The Bertz CT molecular complexity index is 343. The summed E-state index contributed by atoms with van der Waals surface area (Å²) in [5.41, 5.74) is 1.79. The van der Waals surface area contributed by atoms with Gasteiger partial charge in [0.15, 0.2) is 0 Å². The summed E-state index contributed by atoms with van der Waals surface area (Å²) < 4.78 is 0. The first-order valence-electron chi connectivity index (χ1n) is 4.23. The molecule has 2 heteroatoms. The molecule has 0 heterocycles. The molecule has 0 aliphatic rings. The molecule has 0 radical (unpaired) electrons. The third-order valence-corrected chi connectivity index (χ3v) is 1.88. The fraction of sp³-hybridized carbons (Fsp3) is 0.364. The average molecular weight is 175 g/mol. The highest BCUT2D eigenvalue weighted by molar-refractivity contribution is 5.55.